The van der Waals surface area contributed by atoms with E-state index in [1.807, 2.05) is 0 Å². The van der Waals surface area contributed by atoms with Crippen LogP contribution in [0.15, 0.2) is 18.2 Å². The molecular weight excluding hydrogens is 276 g/mol. The zero-order valence-electron chi connectivity index (χ0n) is 9.75. The summed E-state index contributed by atoms with van der Waals surface area (Å²) in [6.07, 6.45) is 0.472. The molecule has 7 heteroatoms. The predicted molar refractivity (Wildman–Crippen MR) is 66.8 cm³/mol. The van der Waals surface area contributed by atoms with Crippen LogP contribution in [0.2, 0.25) is 5.15 Å². The number of aryl methyl sites for hydroxylation is 1. The number of halogens is 3. The molecule has 0 saturated heterocycles. The number of rotatable bonds is 3. The molecule has 0 atom stereocenters. The smallest absolute Gasteiger partial charge is 0.156 e. The van der Waals surface area contributed by atoms with E-state index in [0.717, 1.165) is 18.2 Å². The lowest BCUT2D eigenvalue weighted by Gasteiger charge is -2.09. The Morgan fingerprint density at radius 1 is 1.21 bits per heavy atom. The van der Waals surface area contributed by atoms with Gasteiger partial charge in [-0.2, -0.15) is 0 Å². The van der Waals surface area contributed by atoms with Gasteiger partial charge in [0.05, 0.1) is 5.56 Å². The van der Waals surface area contributed by atoms with E-state index >= 15 is 0 Å². The lowest BCUT2D eigenvalue weighted by molar-refractivity contribution is 0.112. The Kier molecular flexibility index (Phi) is 3.71. The van der Waals surface area contributed by atoms with Crippen molar-refractivity contribution < 1.29 is 13.6 Å². The minimum Gasteiger partial charge on any atom is -0.339 e. The van der Waals surface area contributed by atoms with Crippen LogP contribution in [-0.2, 0) is 0 Å². The summed E-state index contributed by atoms with van der Waals surface area (Å²) in [5, 5.41) is 2.61. The third-order valence-electron chi connectivity index (χ3n) is 2.25. The molecule has 0 amide bonds. The second-order valence-corrected chi connectivity index (χ2v) is 4.08. The van der Waals surface area contributed by atoms with E-state index < -0.39 is 11.6 Å². The first-order valence-electron chi connectivity index (χ1n) is 5.22. The summed E-state index contributed by atoms with van der Waals surface area (Å²) in [4.78, 5) is 18.7. The second-order valence-electron chi connectivity index (χ2n) is 3.72. The molecule has 0 bridgehead atoms. The van der Waals surface area contributed by atoms with Crippen molar-refractivity contribution in [3.63, 3.8) is 0 Å². The normalized spacial score (nSPS) is 10.3. The van der Waals surface area contributed by atoms with Crippen molar-refractivity contribution in [2.45, 2.75) is 6.92 Å². The fourth-order valence-corrected chi connectivity index (χ4v) is 1.77. The highest BCUT2D eigenvalue weighted by Gasteiger charge is 2.12. The number of nitrogens with one attached hydrogen (secondary N) is 1. The van der Waals surface area contributed by atoms with Crippen molar-refractivity contribution in [3.8, 4) is 0 Å². The standard InChI is InChI=1S/C12H8ClF2N3O/c1-6-16-11(13)10(5-19)12(17-6)18-9-3-7(14)2-8(15)4-9/h2-5H,1H3,(H,16,17,18). The Bertz CT molecular complexity index is 629. The number of carbonyl (C=O) groups excluding carboxylic acids is 1. The average molecular weight is 284 g/mol. The van der Waals surface area contributed by atoms with E-state index in [4.69, 9.17) is 11.6 Å². The van der Waals surface area contributed by atoms with Crippen LogP contribution in [0.5, 0.6) is 0 Å². The molecule has 1 N–H and O–H groups in total. The van der Waals surface area contributed by atoms with Crippen LogP contribution < -0.4 is 5.32 Å². The molecule has 1 aromatic carbocycles. The Balaban J connectivity index is 2.45. The number of benzene rings is 1. The fraction of sp³-hybridized carbons (Fsp3) is 0.0833. The first-order valence-corrected chi connectivity index (χ1v) is 5.60. The zero-order chi connectivity index (χ0) is 14.0. The minimum atomic E-state index is -0.743. The number of hydrogen-bond acceptors (Lipinski definition) is 4. The van der Waals surface area contributed by atoms with Crippen LogP contribution in [0.4, 0.5) is 20.3 Å². The summed E-state index contributed by atoms with van der Waals surface area (Å²) < 4.78 is 26.1. The maximum atomic E-state index is 13.1. The summed E-state index contributed by atoms with van der Waals surface area (Å²) >= 11 is 5.79. The van der Waals surface area contributed by atoms with Crippen LogP contribution in [0.3, 0.4) is 0 Å². The van der Waals surface area contributed by atoms with Gasteiger partial charge in [0.15, 0.2) is 6.29 Å². The highest BCUT2D eigenvalue weighted by Crippen LogP contribution is 2.23. The summed E-state index contributed by atoms with van der Waals surface area (Å²) in [5.41, 5.74) is 0.145. The molecule has 1 aromatic heterocycles. The van der Waals surface area contributed by atoms with E-state index in [2.05, 4.69) is 15.3 Å². The van der Waals surface area contributed by atoms with Gasteiger partial charge in [-0.1, -0.05) is 11.6 Å². The number of aromatic nitrogens is 2. The van der Waals surface area contributed by atoms with Crippen molar-refractivity contribution >= 4 is 29.4 Å². The molecule has 0 aliphatic heterocycles. The Morgan fingerprint density at radius 2 is 1.84 bits per heavy atom. The molecule has 0 unspecified atom stereocenters. The van der Waals surface area contributed by atoms with Crippen molar-refractivity contribution in [2.24, 2.45) is 0 Å². The number of nitrogens with zero attached hydrogens (tertiary/aromatic N) is 2. The van der Waals surface area contributed by atoms with Gasteiger partial charge in [-0.25, -0.2) is 18.7 Å². The van der Waals surface area contributed by atoms with Gasteiger partial charge in [0.1, 0.15) is 28.4 Å². The van der Waals surface area contributed by atoms with Crippen molar-refractivity contribution in [3.05, 3.63) is 46.4 Å². The Morgan fingerprint density at radius 3 is 2.42 bits per heavy atom. The number of anilines is 2. The van der Waals surface area contributed by atoms with E-state index in [9.17, 15) is 13.6 Å². The molecule has 0 aliphatic rings. The Hall–Kier alpha value is -2.08. The van der Waals surface area contributed by atoms with Crippen LogP contribution in [0.25, 0.3) is 0 Å². The van der Waals surface area contributed by atoms with Crippen molar-refractivity contribution in [2.75, 3.05) is 5.32 Å². The number of aldehydes is 1. The van der Waals surface area contributed by atoms with Crippen molar-refractivity contribution in [1.29, 1.82) is 0 Å². The van der Waals surface area contributed by atoms with Gasteiger partial charge < -0.3 is 5.32 Å². The lowest BCUT2D eigenvalue weighted by Crippen LogP contribution is -2.03. The quantitative estimate of drug-likeness (QED) is 0.694. The van der Waals surface area contributed by atoms with E-state index in [1.54, 1.807) is 6.92 Å². The van der Waals surface area contributed by atoms with Gasteiger partial charge in [0.2, 0.25) is 0 Å². The second kappa shape index (κ2) is 5.27. The molecule has 1 heterocycles. The van der Waals surface area contributed by atoms with Gasteiger partial charge in [0.25, 0.3) is 0 Å². The zero-order valence-corrected chi connectivity index (χ0v) is 10.5. The highest BCUT2D eigenvalue weighted by atomic mass is 35.5. The number of hydrogen-bond donors (Lipinski definition) is 1. The highest BCUT2D eigenvalue weighted by molar-refractivity contribution is 6.32. The van der Waals surface area contributed by atoms with Crippen LogP contribution >= 0.6 is 11.6 Å². The largest absolute Gasteiger partial charge is 0.339 e. The van der Waals surface area contributed by atoms with Gasteiger partial charge in [-0.15, -0.1) is 0 Å². The maximum Gasteiger partial charge on any atom is 0.156 e. The topological polar surface area (TPSA) is 54.9 Å². The minimum absolute atomic E-state index is 0.0249. The first-order chi connectivity index (χ1) is 8.99. The van der Waals surface area contributed by atoms with Crippen LogP contribution in [-0.4, -0.2) is 16.3 Å². The summed E-state index contributed by atoms with van der Waals surface area (Å²) in [6.45, 7) is 1.58. The molecule has 2 rings (SSSR count). The lowest BCUT2D eigenvalue weighted by atomic mass is 10.2. The molecule has 0 aliphatic carbocycles. The van der Waals surface area contributed by atoms with Crippen LogP contribution in [0, 0.1) is 18.6 Å². The van der Waals surface area contributed by atoms with E-state index in [0.29, 0.717) is 12.1 Å². The molecular formula is C12H8ClF2N3O. The molecule has 0 fully saturated rings. The van der Waals surface area contributed by atoms with Gasteiger partial charge in [-0.3, -0.25) is 4.79 Å². The van der Waals surface area contributed by atoms with Crippen LogP contribution in [0.1, 0.15) is 16.2 Å². The Labute approximate surface area is 112 Å². The van der Waals surface area contributed by atoms with Gasteiger partial charge in [0, 0.05) is 11.8 Å². The van der Waals surface area contributed by atoms with E-state index in [-0.39, 0.29) is 22.2 Å². The third-order valence-corrected chi connectivity index (χ3v) is 2.54. The number of carbonyl (C=O) groups is 1. The predicted octanol–water partition coefficient (Wildman–Crippen LogP) is 3.27. The van der Waals surface area contributed by atoms with E-state index in [1.165, 1.54) is 0 Å². The first kappa shape index (κ1) is 13.4. The summed E-state index contributed by atoms with van der Waals surface area (Å²) in [5.74, 6) is -1.06. The molecule has 4 nitrogen and oxygen atoms in total. The van der Waals surface area contributed by atoms with Gasteiger partial charge >= 0.3 is 0 Å². The maximum absolute atomic E-state index is 13.1. The fourth-order valence-electron chi connectivity index (χ4n) is 1.51. The molecule has 2 aromatic rings. The molecule has 98 valence electrons. The molecule has 0 spiro atoms. The molecule has 19 heavy (non-hydrogen) atoms. The molecule has 0 radical (unpaired) electrons. The third kappa shape index (κ3) is 3.03. The van der Waals surface area contributed by atoms with Crippen molar-refractivity contribution in [1.82, 2.24) is 9.97 Å². The average Bonchev–Trinajstić information content (AvgIpc) is 2.26. The summed E-state index contributed by atoms with van der Waals surface area (Å²) in [7, 11) is 0. The SMILES string of the molecule is Cc1nc(Cl)c(C=O)c(Nc2cc(F)cc(F)c2)n1. The molecule has 0 saturated carbocycles. The summed E-state index contributed by atoms with van der Waals surface area (Å²) in [6, 6.07) is 2.88. The van der Waals surface area contributed by atoms with Gasteiger partial charge in [-0.05, 0) is 19.1 Å². The monoisotopic (exact) mass is 283 g/mol.